The lowest BCUT2D eigenvalue weighted by Gasteiger charge is -2.37. The molecule has 4 aliphatic rings. The zero-order valence-corrected chi connectivity index (χ0v) is 13.8. The first kappa shape index (κ1) is 14.5. The Morgan fingerprint density at radius 1 is 1.17 bits per heavy atom. The van der Waals surface area contributed by atoms with Crippen molar-refractivity contribution in [2.24, 2.45) is 17.8 Å². The summed E-state index contributed by atoms with van der Waals surface area (Å²) in [6.07, 6.45) is 7.00. The van der Waals surface area contributed by atoms with Crippen LogP contribution in [0.4, 0.5) is 0 Å². The molecule has 1 aromatic carbocycles. The van der Waals surface area contributed by atoms with Crippen LogP contribution >= 0.6 is 0 Å². The van der Waals surface area contributed by atoms with Gasteiger partial charge in [0.15, 0.2) is 5.78 Å². The van der Waals surface area contributed by atoms with Gasteiger partial charge in [0.1, 0.15) is 11.4 Å². The van der Waals surface area contributed by atoms with E-state index >= 15 is 0 Å². The first-order valence-electron chi connectivity index (χ1n) is 9.30. The Morgan fingerprint density at radius 3 is 2.79 bits per heavy atom. The summed E-state index contributed by atoms with van der Waals surface area (Å²) < 4.78 is 6.35. The van der Waals surface area contributed by atoms with Crippen LogP contribution in [0.25, 0.3) is 0 Å². The van der Waals surface area contributed by atoms with E-state index < -0.39 is 5.60 Å². The van der Waals surface area contributed by atoms with Crippen LogP contribution in [0.15, 0.2) is 24.3 Å². The number of amides is 1. The van der Waals surface area contributed by atoms with E-state index in [0.29, 0.717) is 29.7 Å². The molecule has 0 bridgehead atoms. The van der Waals surface area contributed by atoms with Gasteiger partial charge in [-0.3, -0.25) is 9.59 Å². The van der Waals surface area contributed by atoms with E-state index in [0.717, 1.165) is 25.7 Å². The molecule has 3 fully saturated rings. The minimum Gasteiger partial charge on any atom is -0.486 e. The van der Waals surface area contributed by atoms with Gasteiger partial charge in [-0.2, -0.15) is 0 Å². The van der Waals surface area contributed by atoms with Crippen molar-refractivity contribution in [1.29, 1.82) is 0 Å². The zero-order chi connectivity index (χ0) is 16.3. The topological polar surface area (TPSA) is 55.4 Å². The molecule has 1 spiro atoms. The summed E-state index contributed by atoms with van der Waals surface area (Å²) in [5, 5.41) is 3.24. The third kappa shape index (κ3) is 2.04. The Bertz CT molecular complexity index is 709. The van der Waals surface area contributed by atoms with E-state index in [1.54, 1.807) is 0 Å². The minimum absolute atomic E-state index is 0.0532. The van der Waals surface area contributed by atoms with E-state index in [2.05, 4.69) is 5.32 Å². The standard InChI is InChI=1S/C20H23NO3/c22-15-11-20(24-16-8-4-3-7-13(15)16)10-9-14-17(18(14)20)19(23)21-12-5-1-2-6-12/h3-4,7-8,12,14,17-18H,1-2,5-6,9-11H2,(H,21,23)/t14-,17-,18-,20+/m1/s1. The lowest BCUT2D eigenvalue weighted by Crippen LogP contribution is -2.45. The fourth-order valence-corrected chi connectivity index (χ4v) is 5.49. The van der Waals surface area contributed by atoms with Crippen LogP contribution in [0.5, 0.6) is 5.75 Å². The Hall–Kier alpha value is -1.84. The van der Waals surface area contributed by atoms with Crippen LogP contribution < -0.4 is 10.1 Å². The van der Waals surface area contributed by atoms with Crippen molar-refractivity contribution in [2.45, 2.75) is 56.6 Å². The van der Waals surface area contributed by atoms with Crippen LogP contribution in [-0.4, -0.2) is 23.3 Å². The lowest BCUT2D eigenvalue weighted by molar-refractivity contribution is -0.124. The molecule has 4 heteroatoms. The lowest BCUT2D eigenvalue weighted by atomic mass is 9.84. The highest BCUT2D eigenvalue weighted by molar-refractivity contribution is 6.00. The summed E-state index contributed by atoms with van der Waals surface area (Å²) >= 11 is 0. The third-order valence-corrected chi connectivity index (χ3v) is 6.64. The molecule has 0 aromatic heterocycles. The fraction of sp³-hybridized carbons (Fsp3) is 0.600. The van der Waals surface area contributed by atoms with E-state index in [-0.39, 0.29) is 23.5 Å². The van der Waals surface area contributed by atoms with Crippen molar-refractivity contribution in [3.8, 4) is 5.75 Å². The molecule has 0 radical (unpaired) electrons. The van der Waals surface area contributed by atoms with Gasteiger partial charge in [0.05, 0.1) is 12.0 Å². The van der Waals surface area contributed by atoms with Gasteiger partial charge in [0.2, 0.25) is 5.91 Å². The number of nitrogens with one attached hydrogen (secondary N) is 1. The molecule has 24 heavy (non-hydrogen) atoms. The average Bonchev–Trinajstić information content (AvgIpc) is 2.91. The number of para-hydroxylation sites is 1. The molecule has 0 saturated heterocycles. The molecule has 4 atom stereocenters. The van der Waals surface area contributed by atoms with Crippen LogP contribution in [0.2, 0.25) is 0 Å². The summed E-state index contributed by atoms with van der Waals surface area (Å²) in [6, 6.07) is 7.88. The molecule has 1 aromatic rings. The SMILES string of the molecule is O=C1C[C@]2(CC[C@@H]3[C@@H](C(=O)NC4CCCC4)[C@@H]32)Oc2ccccc21. The molecule has 3 saturated carbocycles. The summed E-state index contributed by atoms with van der Waals surface area (Å²) in [6.45, 7) is 0. The van der Waals surface area contributed by atoms with Crippen molar-refractivity contribution in [3.63, 3.8) is 0 Å². The van der Waals surface area contributed by atoms with Gasteiger partial charge in [-0.1, -0.05) is 25.0 Å². The predicted octanol–water partition coefficient (Wildman–Crippen LogP) is 3.11. The predicted molar refractivity (Wildman–Crippen MR) is 88.9 cm³/mol. The first-order valence-corrected chi connectivity index (χ1v) is 9.30. The molecule has 0 unspecified atom stereocenters. The monoisotopic (exact) mass is 325 g/mol. The summed E-state index contributed by atoms with van der Waals surface area (Å²) in [4.78, 5) is 25.3. The molecule has 1 aliphatic heterocycles. The highest BCUT2D eigenvalue weighted by Crippen LogP contribution is 2.65. The molecular weight excluding hydrogens is 302 g/mol. The average molecular weight is 325 g/mol. The second-order valence-corrected chi connectivity index (χ2v) is 8.01. The Labute approximate surface area is 142 Å². The first-order chi connectivity index (χ1) is 11.7. The highest BCUT2D eigenvalue weighted by atomic mass is 16.5. The van der Waals surface area contributed by atoms with Gasteiger partial charge in [-0.25, -0.2) is 0 Å². The Balaban J connectivity index is 1.35. The van der Waals surface area contributed by atoms with Crippen molar-refractivity contribution >= 4 is 11.7 Å². The Morgan fingerprint density at radius 2 is 1.96 bits per heavy atom. The Kier molecular flexibility index (Phi) is 3.07. The van der Waals surface area contributed by atoms with Gasteiger partial charge in [-0.05, 0) is 43.7 Å². The number of carbonyl (C=O) groups is 2. The number of carbonyl (C=O) groups excluding carboxylic acids is 2. The van der Waals surface area contributed by atoms with E-state index in [1.807, 2.05) is 24.3 Å². The minimum atomic E-state index is -0.437. The number of ketones is 1. The zero-order valence-electron chi connectivity index (χ0n) is 13.8. The maximum Gasteiger partial charge on any atom is 0.224 e. The van der Waals surface area contributed by atoms with Gasteiger partial charge in [0.25, 0.3) is 0 Å². The van der Waals surface area contributed by atoms with Crippen molar-refractivity contribution in [3.05, 3.63) is 29.8 Å². The van der Waals surface area contributed by atoms with Gasteiger partial charge >= 0.3 is 0 Å². The van der Waals surface area contributed by atoms with Gasteiger partial charge < -0.3 is 10.1 Å². The van der Waals surface area contributed by atoms with E-state index in [1.165, 1.54) is 12.8 Å². The maximum absolute atomic E-state index is 12.7. The smallest absolute Gasteiger partial charge is 0.224 e. The number of benzene rings is 1. The number of ether oxygens (including phenoxy) is 1. The van der Waals surface area contributed by atoms with Crippen LogP contribution in [0, 0.1) is 17.8 Å². The maximum atomic E-state index is 12.7. The molecule has 5 rings (SSSR count). The number of hydrogen-bond donors (Lipinski definition) is 1. The van der Waals surface area contributed by atoms with Crippen molar-refractivity contribution in [1.82, 2.24) is 5.32 Å². The highest BCUT2D eigenvalue weighted by Gasteiger charge is 2.70. The van der Waals surface area contributed by atoms with Crippen molar-refractivity contribution < 1.29 is 14.3 Å². The van der Waals surface area contributed by atoms with Gasteiger partial charge in [0, 0.05) is 17.9 Å². The quantitative estimate of drug-likeness (QED) is 0.909. The van der Waals surface area contributed by atoms with Gasteiger partial charge in [-0.15, -0.1) is 0 Å². The second kappa shape index (κ2) is 5.08. The summed E-state index contributed by atoms with van der Waals surface area (Å²) in [5.41, 5.74) is 0.257. The number of hydrogen-bond acceptors (Lipinski definition) is 3. The summed E-state index contributed by atoms with van der Waals surface area (Å²) in [7, 11) is 0. The molecular formula is C20H23NO3. The number of Topliss-reactive ketones (excluding diaryl/α,β-unsaturated/α-hetero) is 1. The molecule has 1 amide bonds. The molecule has 1 N–H and O–H groups in total. The molecule has 1 heterocycles. The van der Waals surface area contributed by atoms with Crippen LogP contribution in [0.1, 0.15) is 55.3 Å². The molecule has 4 nitrogen and oxygen atoms in total. The van der Waals surface area contributed by atoms with E-state index in [4.69, 9.17) is 4.74 Å². The third-order valence-electron chi connectivity index (χ3n) is 6.64. The summed E-state index contributed by atoms with van der Waals surface area (Å²) in [5.74, 6) is 1.75. The number of fused-ring (bicyclic) bond motifs is 3. The normalized spacial score (nSPS) is 37.0. The van der Waals surface area contributed by atoms with E-state index in [9.17, 15) is 9.59 Å². The number of rotatable bonds is 2. The molecule has 3 aliphatic carbocycles. The largest absolute Gasteiger partial charge is 0.486 e. The second-order valence-electron chi connectivity index (χ2n) is 8.01. The molecule has 126 valence electrons. The fourth-order valence-electron chi connectivity index (χ4n) is 5.49. The van der Waals surface area contributed by atoms with Crippen LogP contribution in [-0.2, 0) is 4.79 Å². The van der Waals surface area contributed by atoms with Crippen molar-refractivity contribution in [2.75, 3.05) is 0 Å². The van der Waals surface area contributed by atoms with Crippen LogP contribution in [0.3, 0.4) is 0 Å².